The normalized spacial score (nSPS) is 10.4. The van der Waals surface area contributed by atoms with Crippen LogP contribution in [0.4, 0.5) is 5.69 Å². The first-order valence-corrected chi connectivity index (χ1v) is 6.74. The zero-order valence-corrected chi connectivity index (χ0v) is 12.4. The molecule has 19 heavy (non-hydrogen) atoms. The van der Waals surface area contributed by atoms with Gasteiger partial charge in [-0.05, 0) is 36.6 Å². The van der Waals surface area contributed by atoms with Crippen LogP contribution in [0.15, 0.2) is 18.2 Å². The molecule has 4 heteroatoms. The number of nitrogens with zero attached hydrogens (tertiary/aromatic N) is 2. The van der Waals surface area contributed by atoms with E-state index in [0.717, 1.165) is 24.2 Å². The summed E-state index contributed by atoms with van der Waals surface area (Å²) in [5.41, 5.74) is 9.10. The van der Waals surface area contributed by atoms with Crippen molar-refractivity contribution in [1.82, 2.24) is 4.90 Å². The lowest BCUT2D eigenvalue weighted by atomic mass is 10.1. The highest BCUT2D eigenvalue weighted by Crippen LogP contribution is 2.19. The third-order valence-electron chi connectivity index (χ3n) is 3.23. The van der Waals surface area contributed by atoms with Crippen LogP contribution in [0.1, 0.15) is 24.5 Å². The molecule has 0 fully saturated rings. The molecule has 0 spiro atoms. The van der Waals surface area contributed by atoms with Crippen LogP contribution in [0.5, 0.6) is 0 Å². The summed E-state index contributed by atoms with van der Waals surface area (Å²) in [6.45, 7) is 6.03. The van der Waals surface area contributed by atoms with Gasteiger partial charge in [0.2, 0.25) is 5.91 Å². The number of hydrogen-bond donors (Lipinski definition) is 1. The summed E-state index contributed by atoms with van der Waals surface area (Å²) in [5.74, 6) is 0.119. The second kappa shape index (κ2) is 7.14. The second-order valence-corrected chi connectivity index (χ2v) is 5.02. The minimum Gasteiger partial charge on any atom is -0.362 e. The number of hydrogen-bond acceptors (Lipinski definition) is 3. The molecule has 1 aromatic rings. The molecule has 4 nitrogen and oxygen atoms in total. The molecule has 1 aromatic carbocycles. The van der Waals surface area contributed by atoms with E-state index in [4.69, 9.17) is 5.73 Å². The predicted octanol–water partition coefficient (Wildman–Crippen LogP) is 1.76. The third-order valence-corrected chi connectivity index (χ3v) is 3.23. The Morgan fingerprint density at radius 1 is 1.32 bits per heavy atom. The van der Waals surface area contributed by atoms with Gasteiger partial charge in [0, 0.05) is 32.9 Å². The molecule has 1 amide bonds. The molecule has 0 atom stereocenters. The monoisotopic (exact) mass is 263 g/mol. The van der Waals surface area contributed by atoms with Crippen LogP contribution in [0, 0.1) is 6.92 Å². The van der Waals surface area contributed by atoms with Gasteiger partial charge in [-0.15, -0.1) is 0 Å². The fourth-order valence-electron chi connectivity index (χ4n) is 1.98. The number of carbonyl (C=O) groups excluding carboxylic acids is 1. The lowest BCUT2D eigenvalue weighted by Gasteiger charge is -2.26. The maximum Gasteiger partial charge on any atom is 0.241 e. The van der Waals surface area contributed by atoms with Gasteiger partial charge >= 0.3 is 0 Å². The van der Waals surface area contributed by atoms with E-state index in [2.05, 4.69) is 24.8 Å². The van der Waals surface area contributed by atoms with Crippen molar-refractivity contribution in [1.29, 1.82) is 0 Å². The Morgan fingerprint density at radius 3 is 2.47 bits per heavy atom. The minimum absolute atomic E-state index is 0.119. The van der Waals surface area contributed by atoms with Crippen molar-refractivity contribution < 1.29 is 4.79 Å². The fourth-order valence-corrected chi connectivity index (χ4v) is 1.98. The van der Waals surface area contributed by atoms with Crippen LogP contribution in [0.2, 0.25) is 0 Å². The smallest absolute Gasteiger partial charge is 0.241 e. The van der Waals surface area contributed by atoms with Crippen molar-refractivity contribution in [2.75, 3.05) is 32.1 Å². The molecule has 0 saturated heterocycles. The number of anilines is 1. The van der Waals surface area contributed by atoms with Gasteiger partial charge in [-0.2, -0.15) is 0 Å². The van der Waals surface area contributed by atoms with Crippen LogP contribution >= 0.6 is 0 Å². The summed E-state index contributed by atoms with van der Waals surface area (Å²) in [7, 11) is 3.57. The number of nitrogens with two attached hydrogens (primary N) is 1. The molecular formula is C15H25N3O. The van der Waals surface area contributed by atoms with E-state index in [1.165, 1.54) is 5.56 Å². The van der Waals surface area contributed by atoms with Gasteiger partial charge in [0.15, 0.2) is 0 Å². The lowest BCUT2D eigenvalue weighted by Crippen LogP contribution is -2.37. The van der Waals surface area contributed by atoms with E-state index in [1.54, 1.807) is 19.0 Å². The maximum absolute atomic E-state index is 11.9. The van der Waals surface area contributed by atoms with Crippen molar-refractivity contribution in [2.24, 2.45) is 5.73 Å². The lowest BCUT2D eigenvalue weighted by molar-refractivity contribution is -0.127. The van der Waals surface area contributed by atoms with Gasteiger partial charge in [0.1, 0.15) is 0 Å². The minimum atomic E-state index is 0.119. The standard InChI is InChI=1S/C15H25N3O/c1-5-8-18(11-15(19)17(3)4)14-7-6-13(10-16)12(2)9-14/h6-7,9H,5,8,10-11,16H2,1-4H3. The average Bonchev–Trinajstić information content (AvgIpc) is 2.37. The molecule has 0 aliphatic rings. The van der Waals surface area contributed by atoms with Crippen molar-refractivity contribution in [2.45, 2.75) is 26.8 Å². The molecule has 0 radical (unpaired) electrons. The average molecular weight is 263 g/mol. The molecular weight excluding hydrogens is 238 g/mol. The summed E-state index contributed by atoms with van der Waals surface area (Å²) in [6, 6.07) is 6.21. The SMILES string of the molecule is CCCN(CC(=O)N(C)C)c1ccc(CN)c(C)c1. The van der Waals surface area contributed by atoms with Crippen LogP contribution in [-0.2, 0) is 11.3 Å². The Bertz CT molecular complexity index is 429. The van der Waals surface area contributed by atoms with Crippen LogP contribution in [0.25, 0.3) is 0 Å². The van der Waals surface area contributed by atoms with Crippen molar-refractivity contribution >= 4 is 11.6 Å². The van der Waals surface area contributed by atoms with Crippen molar-refractivity contribution in [3.63, 3.8) is 0 Å². The number of carbonyl (C=O) groups is 1. The summed E-state index contributed by atoms with van der Waals surface area (Å²) in [6.07, 6.45) is 1.01. The molecule has 1 rings (SSSR count). The van der Waals surface area contributed by atoms with Crippen LogP contribution < -0.4 is 10.6 Å². The van der Waals surface area contributed by atoms with Crippen LogP contribution in [-0.4, -0.2) is 38.0 Å². The Balaban J connectivity index is 2.92. The Labute approximate surface area is 116 Å². The highest BCUT2D eigenvalue weighted by atomic mass is 16.2. The molecule has 0 heterocycles. The quantitative estimate of drug-likeness (QED) is 0.851. The van der Waals surface area contributed by atoms with E-state index in [-0.39, 0.29) is 5.91 Å². The summed E-state index contributed by atoms with van der Waals surface area (Å²) < 4.78 is 0. The fraction of sp³-hybridized carbons (Fsp3) is 0.533. The summed E-state index contributed by atoms with van der Waals surface area (Å²) in [5, 5.41) is 0. The van der Waals surface area contributed by atoms with Gasteiger partial charge in [-0.1, -0.05) is 13.0 Å². The molecule has 0 aliphatic carbocycles. The Kier molecular flexibility index (Phi) is 5.83. The number of likely N-dealkylation sites (N-methyl/N-ethyl adjacent to an activating group) is 1. The largest absolute Gasteiger partial charge is 0.362 e. The first-order chi connectivity index (χ1) is 8.99. The summed E-state index contributed by atoms with van der Waals surface area (Å²) in [4.78, 5) is 15.6. The van der Waals surface area contributed by atoms with E-state index in [1.807, 2.05) is 12.1 Å². The van der Waals surface area contributed by atoms with Gasteiger partial charge in [0.05, 0.1) is 6.54 Å². The molecule has 0 aliphatic heterocycles. The Morgan fingerprint density at radius 2 is 2.00 bits per heavy atom. The van der Waals surface area contributed by atoms with Gasteiger partial charge in [0.25, 0.3) is 0 Å². The topological polar surface area (TPSA) is 49.6 Å². The van der Waals surface area contributed by atoms with E-state index in [9.17, 15) is 4.79 Å². The number of rotatable bonds is 6. The molecule has 0 aromatic heterocycles. The molecule has 0 bridgehead atoms. The first kappa shape index (κ1) is 15.5. The highest BCUT2D eigenvalue weighted by molar-refractivity contribution is 5.81. The number of aryl methyl sites for hydroxylation is 1. The van der Waals surface area contributed by atoms with Gasteiger partial charge in [-0.25, -0.2) is 0 Å². The number of amides is 1. The van der Waals surface area contributed by atoms with Crippen molar-refractivity contribution in [3.05, 3.63) is 29.3 Å². The van der Waals surface area contributed by atoms with Gasteiger partial charge < -0.3 is 15.5 Å². The molecule has 0 unspecified atom stereocenters. The zero-order valence-electron chi connectivity index (χ0n) is 12.4. The zero-order chi connectivity index (χ0) is 14.4. The summed E-state index contributed by atoms with van der Waals surface area (Å²) >= 11 is 0. The molecule has 106 valence electrons. The Hall–Kier alpha value is -1.55. The molecule has 2 N–H and O–H groups in total. The second-order valence-electron chi connectivity index (χ2n) is 5.02. The third kappa shape index (κ3) is 4.24. The van der Waals surface area contributed by atoms with E-state index >= 15 is 0 Å². The number of benzene rings is 1. The van der Waals surface area contributed by atoms with Crippen molar-refractivity contribution in [3.8, 4) is 0 Å². The first-order valence-electron chi connectivity index (χ1n) is 6.74. The maximum atomic E-state index is 11.9. The molecule has 0 saturated carbocycles. The van der Waals surface area contributed by atoms with Gasteiger partial charge in [-0.3, -0.25) is 4.79 Å². The van der Waals surface area contributed by atoms with E-state index in [0.29, 0.717) is 13.1 Å². The van der Waals surface area contributed by atoms with E-state index < -0.39 is 0 Å². The predicted molar refractivity (Wildman–Crippen MR) is 80.3 cm³/mol. The highest BCUT2D eigenvalue weighted by Gasteiger charge is 2.13. The van der Waals surface area contributed by atoms with Crippen LogP contribution in [0.3, 0.4) is 0 Å².